The first-order valence-corrected chi connectivity index (χ1v) is 4.83. The summed E-state index contributed by atoms with van der Waals surface area (Å²) in [7, 11) is 2.02. The zero-order valence-corrected chi connectivity index (χ0v) is 9.12. The van der Waals surface area contributed by atoms with Crippen LogP contribution in [0.5, 0.6) is 0 Å². The quantitative estimate of drug-likeness (QED) is 0.665. The molecule has 0 aromatic heterocycles. The van der Waals surface area contributed by atoms with E-state index in [0.29, 0.717) is 5.41 Å². The van der Waals surface area contributed by atoms with Crippen molar-refractivity contribution in [2.45, 2.75) is 47.5 Å². The van der Waals surface area contributed by atoms with Gasteiger partial charge in [0.1, 0.15) is 0 Å². The first-order chi connectivity index (χ1) is 5.18. The van der Waals surface area contributed by atoms with Crippen molar-refractivity contribution in [2.75, 3.05) is 13.6 Å². The van der Waals surface area contributed by atoms with Crippen LogP contribution in [-0.4, -0.2) is 13.6 Å². The molecule has 0 bridgehead atoms. The van der Waals surface area contributed by atoms with Crippen LogP contribution in [-0.2, 0) is 0 Å². The molecule has 0 aliphatic carbocycles. The minimum absolute atomic E-state index is 0.523. The lowest BCUT2D eigenvalue weighted by atomic mass is 9.85. The standard InChI is InChI=1S/C8H19N.C2H6/c1-5-8(3,6-2)7-9-4;1-2/h9H,5-7H2,1-4H3;1-2H3. The first kappa shape index (κ1) is 13.5. The maximum atomic E-state index is 3.21. The van der Waals surface area contributed by atoms with Crippen LogP contribution in [0.4, 0.5) is 0 Å². The van der Waals surface area contributed by atoms with Crippen molar-refractivity contribution in [3.8, 4) is 0 Å². The Bertz CT molecular complexity index is 65.3. The Balaban J connectivity index is 0. The number of nitrogens with one attached hydrogen (secondary N) is 1. The van der Waals surface area contributed by atoms with Crippen molar-refractivity contribution in [1.29, 1.82) is 0 Å². The molecule has 0 atom stereocenters. The molecule has 1 nitrogen and oxygen atoms in total. The van der Waals surface area contributed by atoms with E-state index in [9.17, 15) is 0 Å². The fraction of sp³-hybridized carbons (Fsp3) is 1.00. The molecule has 0 radical (unpaired) electrons. The second kappa shape index (κ2) is 8.06. The molecule has 0 heterocycles. The van der Waals surface area contributed by atoms with Gasteiger partial charge >= 0.3 is 0 Å². The molecule has 1 N–H and O–H groups in total. The molecule has 1 heteroatoms. The van der Waals surface area contributed by atoms with Crippen LogP contribution in [0, 0.1) is 5.41 Å². The predicted molar refractivity (Wildman–Crippen MR) is 54.0 cm³/mol. The monoisotopic (exact) mass is 159 g/mol. The van der Waals surface area contributed by atoms with Crippen molar-refractivity contribution in [1.82, 2.24) is 5.32 Å². The summed E-state index contributed by atoms with van der Waals surface area (Å²) in [6.45, 7) is 12.0. The maximum absolute atomic E-state index is 3.21. The van der Waals surface area contributed by atoms with Gasteiger partial charge in [-0.15, -0.1) is 0 Å². The van der Waals surface area contributed by atoms with E-state index in [1.807, 2.05) is 20.9 Å². The van der Waals surface area contributed by atoms with E-state index in [0.717, 1.165) is 6.54 Å². The van der Waals surface area contributed by atoms with Crippen LogP contribution in [0.15, 0.2) is 0 Å². The van der Waals surface area contributed by atoms with Gasteiger partial charge in [0.25, 0.3) is 0 Å². The van der Waals surface area contributed by atoms with Crippen molar-refractivity contribution < 1.29 is 0 Å². The van der Waals surface area contributed by atoms with Gasteiger partial charge in [-0.25, -0.2) is 0 Å². The van der Waals surface area contributed by atoms with E-state index in [1.165, 1.54) is 12.8 Å². The molecule has 0 aliphatic heterocycles. The van der Waals surface area contributed by atoms with Crippen LogP contribution < -0.4 is 5.32 Å². The lowest BCUT2D eigenvalue weighted by Crippen LogP contribution is -2.28. The Morgan fingerprint density at radius 2 is 1.45 bits per heavy atom. The molecular formula is C10H25N. The molecule has 0 spiro atoms. The van der Waals surface area contributed by atoms with Gasteiger partial charge in [-0.05, 0) is 25.3 Å². The minimum atomic E-state index is 0.523. The van der Waals surface area contributed by atoms with Crippen LogP contribution in [0.3, 0.4) is 0 Å². The maximum Gasteiger partial charge on any atom is 0.000195 e. The van der Waals surface area contributed by atoms with E-state index in [2.05, 4.69) is 26.1 Å². The van der Waals surface area contributed by atoms with Crippen LogP contribution >= 0.6 is 0 Å². The third-order valence-electron chi connectivity index (χ3n) is 2.31. The molecule has 70 valence electrons. The molecule has 0 fully saturated rings. The lowest BCUT2D eigenvalue weighted by Gasteiger charge is -2.25. The fourth-order valence-electron chi connectivity index (χ4n) is 0.927. The lowest BCUT2D eigenvalue weighted by molar-refractivity contribution is 0.289. The largest absolute Gasteiger partial charge is 0.319 e. The second-order valence-electron chi connectivity index (χ2n) is 3.05. The van der Waals surface area contributed by atoms with Crippen molar-refractivity contribution >= 4 is 0 Å². The van der Waals surface area contributed by atoms with Gasteiger partial charge in [-0.2, -0.15) is 0 Å². The molecule has 0 saturated carbocycles. The summed E-state index contributed by atoms with van der Waals surface area (Å²) in [6.07, 6.45) is 2.54. The van der Waals surface area contributed by atoms with Crippen molar-refractivity contribution in [2.24, 2.45) is 5.41 Å². The Kier molecular flexibility index (Phi) is 9.92. The van der Waals surface area contributed by atoms with Crippen LogP contribution in [0.25, 0.3) is 0 Å². The topological polar surface area (TPSA) is 12.0 Å². The summed E-state index contributed by atoms with van der Waals surface area (Å²) >= 11 is 0. The average Bonchev–Trinajstić information content (AvgIpc) is 2.08. The third kappa shape index (κ3) is 6.36. The van der Waals surface area contributed by atoms with E-state index in [-0.39, 0.29) is 0 Å². The smallest absolute Gasteiger partial charge is 0.000195 e. The Hall–Kier alpha value is -0.0400. The second-order valence-corrected chi connectivity index (χ2v) is 3.05. The summed E-state index contributed by atoms with van der Waals surface area (Å²) in [5.41, 5.74) is 0.523. The summed E-state index contributed by atoms with van der Waals surface area (Å²) < 4.78 is 0. The zero-order valence-electron chi connectivity index (χ0n) is 9.12. The fourth-order valence-corrected chi connectivity index (χ4v) is 0.927. The first-order valence-electron chi connectivity index (χ1n) is 4.83. The van der Waals surface area contributed by atoms with E-state index >= 15 is 0 Å². The van der Waals surface area contributed by atoms with Gasteiger partial charge in [-0.1, -0.05) is 34.6 Å². The van der Waals surface area contributed by atoms with Gasteiger partial charge in [0.15, 0.2) is 0 Å². The number of hydrogen-bond acceptors (Lipinski definition) is 1. The third-order valence-corrected chi connectivity index (χ3v) is 2.31. The predicted octanol–water partition coefficient (Wildman–Crippen LogP) is 3.06. The molecular weight excluding hydrogens is 134 g/mol. The van der Waals surface area contributed by atoms with Gasteiger partial charge in [0, 0.05) is 6.54 Å². The molecule has 0 aliphatic rings. The minimum Gasteiger partial charge on any atom is -0.319 e. The van der Waals surface area contributed by atoms with Gasteiger partial charge in [0.05, 0.1) is 0 Å². The SMILES string of the molecule is CC.CCC(C)(CC)CNC. The highest BCUT2D eigenvalue weighted by atomic mass is 14.8. The highest BCUT2D eigenvalue weighted by molar-refractivity contribution is 4.71. The molecule has 0 aromatic rings. The highest BCUT2D eigenvalue weighted by Crippen LogP contribution is 2.23. The zero-order chi connectivity index (χ0) is 9.33. The van der Waals surface area contributed by atoms with Crippen molar-refractivity contribution in [3.05, 3.63) is 0 Å². The molecule has 0 saturated heterocycles. The molecule has 0 unspecified atom stereocenters. The molecule has 0 aromatic carbocycles. The molecule has 11 heavy (non-hydrogen) atoms. The van der Waals surface area contributed by atoms with E-state index < -0.39 is 0 Å². The number of rotatable bonds is 4. The van der Waals surface area contributed by atoms with E-state index in [4.69, 9.17) is 0 Å². The summed E-state index contributed by atoms with van der Waals surface area (Å²) in [5, 5.41) is 3.21. The number of hydrogen-bond donors (Lipinski definition) is 1. The van der Waals surface area contributed by atoms with Gasteiger partial charge in [0.2, 0.25) is 0 Å². The normalized spacial score (nSPS) is 10.4. The Labute approximate surface area is 72.6 Å². The van der Waals surface area contributed by atoms with Crippen LogP contribution in [0.2, 0.25) is 0 Å². The summed E-state index contributed by atoms with van der Waals surface area (Å²) in [5.74, 6) is 0. The molecule has 0 amide bonds. The summed E-state index contributed by atoms with van der Waals surface area (Å²) in [6, 6.07) is 0. The van der Waals surface area contributed by atoms with Crippen LogP contribution in [0.1, 0.15) is 47.5 Å². The van der Waals surface area contributed by atoms with E-state index in [1.54, 1.807) is 0 Å². The van der Waals surface area contributed by atoms with Crippen molar-refractivity contribution in [3.63, 3.8) is 0 Å². The van der Waals surface area contributed by atoms with Gasteiger partial charge < -0.3 is 5.32 Å². The summed E-state index contributed by atoms with van der Waals surface area (Å²) in [4.78, 5) is 0. The average molecular weight is 159 g/mol. The van der Waals surface area contributed by atoms with Gasteiger partial charge in [-0.3, -0.25) is 0 Å². The Morgan fingerprint density at radius 1 is 1.09 bits per heavy atom. The molecule has 0 rings (SSSR count). The Morgan fingerprint density at radius 3 is 1.55 bits per heavy atom. The highest BCUT2D eigenvalue weighted by Gasteiger charge is 2.17.